The summed E-state index contributed by atoms with van der Waals surface area (Å²) in [7, 11) is 0. The molecular weight excluding hydrogens is 298 g/mol. The second-order valence-electron chi connectivity index (χ2n) is 5.16. The molecule has 0 amide bonds. The Labute approximate surface area is 140 Å². The summed E-state index contributed by atoms with van der Waals surface area (Å²) in [6, 6.07) is 24.0. The molecule has 3 rings (SSSR count). The summed E-state index contributed by atoms with van der Waals surface area (Å²) in [4.78, 5) is 0. The topological polar surface area (TPSA) is 82.8 Å². The van der Waals surface area contributed by atoms with Crippen LogP contribution >= 0.6 is 0 Å². The fourth-order valence-electron chi connectivity index (χ4n) is 2.37. The van der Waals surface area contributed by atoms with Crippen molar-refractivity contribution in [1.82, 2.24) is 0 Å². The molecule has 0 bridgehead atoms. The lowest BCUT2D eigenvalue weighted by Crippen LogP contribution is -1.94. The normalized spacial score (nSPS) is 9.75. The number of nitriles is 2. The molecule has 114 valence electrons. The molecule has 0 fully saturated rings. The van der Waals surface area contributed by atoms with E-state index in [0.717, 1.165) is 11.1 Å². The number of nitrogens with two attached hydrogens (primary N) is 1. The van der Waals surface area contributed by atoms with Crippen molar-refractivity contribution in [2.75, 3.05) is 5.73 Å². The van der Waals surface area contributed by atoms with Crippen molar-refractivity contribution < 1.29 is 4.74 Å². The zero-order chi connectivity index (χ0) is 16.9. The Bertz CT molecular complexity index is 966. The average molecular weight is 311 g/mol. The minimum absolute atomic E-state index is 0.344. The molecule has 0 saturated heterocycles. The molecule has 4 nitrogen and oxygen atoms in total. The molecule has 2 N–H and O–H groups in total. The summed E-state index contributed by atoms with van der Waals surface area (Å²) in [6.07, 6.45) is 0. The van der Waals surface area contributed by atoms with E-state index >= 15 is 0 Å². The van der Waals surface area contributed by atoms with E-state index in [1.807, 2.05) is 36.4 Å². The fourth-order valence-corrected chi connectivity index (χ4v) is 2.37. The molecule has 0 saturated carbocycles. The zero-order valence-corrected chi connectivity index (χ0v) is 12.7. The Hall–Kier alpha value is -3.76. The van der Waals surface area contributed by atoms with Crippen molar-refractivity contribution >= 4 is 5.69 Å². The van der Waals surface area contributed by atoms with Crippen molar-refractivity contribution in [3.8, 4) is 34.8 Å². The van der Waals surface area contributed by atoms with E-state index in [2.05, 4.69) is 12.1 Å². The van der Waals surface area contributed by atoms with Crippen LogP contribution < -0.4 is 10.5 Å². The van der Waals surface area contributed by atoms with Gasteiger partial charge < -0.3 is 10.5 Å². The Kier molecular flexibility index (Phi) is 4.14. The maximum Gasteiger partial charge on any atom is 0.145 e. The van der Waals surface area contributed by atoms with Crippen LogP contribution in [-0.2, 0) is 0 Å². The Morgan fingerprint density at radius 1 is 0.792 bits per heavy atom. The van der Waals surface area contributed by atoms with E-state index in [0.29, 0.717) is 28.3 Å². The minimum atomic E-state index is 0.344. The first-order valence-corrected chi connectivity index (χ1v) is 7.28. The van der Waals surface area contributed by atoms with Gasteiger partial charge in [0.1, 0.15) is 17.6 Å². The van der Waals surface area contributed by atoms with Gasteiger partial charge in [0.05, 0.1) is 17.2 Å². The van der Waals surface area contributed by atoms with Crippen LogP contribution in [0.2, 0.25) is 0 Å². The highest BCUT2D eigenvalue weighted by Crippen LogP contribution is 2.35. The number of nitrogens with zero attached hydrogens (tertiary/aromatic N) is 2. The van der Waals surface area contributed by atoms with Gasteiger partial charge in [-0.3, -0.25) is 0 Å². The molecule has 0 aromatic heterocycles. The van der Waals surface area contributed by atoms with E-state index in [-0.39, 0.29) is 0 Å². The van der Waals surface area contributed by atoms with Gasteiger partial charge in [-0.25, -0.2) is 0 Å². The van der Waals surface area contributed by atoms with Gasteiger partial charge in [0.25, 0.3) is 0 Å². The molecule has 4 heteroatoms. The lowest BCUT2D eigenvalue weighted by molar-refractivity contribution is 0.483. The van der Waals surface area contributed by atoms with Crippen LogP contribution in [-0.4, -0.2) is 0 Å². The molecule has 0 unspecified atom stereocenters. The smallest absolute Gasteiger partial charge is 0.145 e. The Morgan fingerprint density at radius 3 is 2.29 bits per heavy atom. The van der Waals surface area contributed by atoms with Crippen LogP contribution in [0, 0.1) is 22.7 Å². The number of benzene rings is 3. The van der Waals surface area contributed by atoms with Crippen molar-refractivity contribution in [1.29, 1.82) is 10.5 Å². The Balaban J connectivity index is 2.10. The van der Waals surface area contributed by atoms with E-state index in [1.54, 1.807) is 30.3 Å². The number of anilines is 1. The molecule has 0 radical (unpaired) electrons. The molecule has 0 aliphatic rings. The monoisotopic (exact) mass is 311 g/mol. The van der Waals surface area contributed by atoms with Crippen molar-refractivity contribution in [3.63, 3.8) is 0 Å². The fraction of sp³-hybridized carbons (Fsp3) is 0. The third kappa shape index (κ3) is 3.04. The molecule has 24 heavy (non-hydrogen) atoms. The molecular formula is C20H13N3O. The highest BCUT2D eigenvalue weighted by molar-refractivity contribution is 5.72. The molecule has 0 heterocycles. The maximum absolute atomic E-state index is 9.27. The lowest BCUT2D eigenvalue weighted by Gasteiger charge is -2.13. The molecule has 0 spiro atoms. The van der Waals surface area contributed by atoms with Gasteiger partial charge in [-0.2, -0.15) is 10.5 Å². The van der Waals surface area contributed by atoms with Crippen molar-refractivity contribution in [3.05, 3.63) is 77.9 Å². The van der Waals surface area contributed by atoms with Gasteiger partial charge >= 0.3 is 0 Å². The summed E-state index contributed by atoms with van der Waals surface area (Å²) in [6.45, 7) is 0. The van der Waals surface area contributed by atoms with Crippen LogP contribution in [0.25, 0.3) is 11.1 Å². The van der Waals surface area contributed by atoms with Crippen LogP contribution in [0.15, 0.2) is 66.7 Å². The SMILES string of the molecule is N#Cc1ccc(-c2ccccc2)c(Oc2ccc(N)cc2C#N)c1. The van der Waals surface area contributed by atoms with E-state index < -0.39 is 0 Å². The summed E-state index contributed by atoms with van der Waals surface area (Å²) in [5, 5.41) is 18.4. The third-order valence-electron chi connectivity index (χ3n) is 3.54. The first-order valence-electron chi connectivity index (χ1n) is 7.28. The quantitative estimate of drug-likeness (QED) is 0.723. The van der Waals surface area contributed by atoms with Crippen LogP contribution in [0.3, 0.4) is 0 Å². The first-order chi connectivity index (χ1) is 11.7. The summed E-state index contributed by atoms with van der Waals surface area (Å²) in [5.41, 5.74) is 8.84. The van der Waals surface area contributed by atoms with Crippen LogP contribution in [0.1, 0.15) is 11.1 Å². The van der Waals surface area contributed by atoms with Crippen LogP contribution in [0.4, 0.5) is 5.69 Å². The zero-order valence-electron chi connectivity index (χ0n) is 12.7. The van der Waals surface area contributed by atoms with E-state index in [1.165, 1.54) is 0 Å². The van der Waals surface area contributed by atoms with Gasteiger partial charge in [-0.1, -0.05) is 30.3 Å². The minimum Gasteiger partial charge on any atom is -0.455 e. The second-order valence-corrected chi connectivity index (χ2v) is 5.16. The number of rotatable bonds is 3. The third-order valence-corrected chi connectivity index (χ3v) is 3.54. The summed E-state index contributed by atoms with van der Waals surface area (Å²) in [5.74, 6) is 0.917. The van der Waals surface area contributed by atoms with Crippen molar-refractivity contribution in [2.24, 2.45) is 0 Å². The molecule has 3 aromatic rings. The van der Waals surface area contributed by atoms with E-state index in [9.17, 15) is 5.26 Å². The lowest BCUT2D eigenvalue weighted by atomic mass is 10.0. The second kappa shape index (κ2) is 6.56. The summed E-state index contributed by atoms with van der Waals surface area (Å²) < 4.78 is 5.95. The van der Waals surface area contributed by atoms with Gasteiger partial charge in [-0.05, 0) is 42.0 Å². The van der Waals surface area contributed by atoms with E-state index in [4.69, 9.17) is 15.7 Å². The first kappa shape index (κ1) is 15.1. The van der Waals surface area contributed by atoms with Crippen LogP contribution in [0.5, 0.6) is 11.5 Å². The largest absolute Gasteiger partial charge is 0.455 e. The number of nitrogen functional groups attached to an aromatic ring is 1. The molecule has 0 atom stereocenters. The van der Waals surface area contributed by atoms with Crippen molar-refractivity contribution in [2.45, 2.75) is 0 Å². The molecule has 0 aliphatic heterocycles. The number of ether oxygens (including phenoxy) is 1. The predicted octanol–water partition coefficient (Wildman–Crippen LogP) is 4.47. The Morgan fingerprint density at radius 2 is 1.58 bits per heavy atom. The van der Waals surface area contributed by atoms with Gasteiger partial charge in [0, 0.05) is 11.3 Å². The number of hydrogen-bond donors (Lipinski definition) is 1. The van der Waals surface area contributed by atoms with Gasteiger partial charge in [0.2, 0.25) is 0 Å². The van der Waals surface area contributed by atoms with Gasteiger partial charge in [0.15, 0.2) is 0 Å². The number of hydrogen-bond acceptors (Lipinski definition) is 4. The highest BCUT2D eigenvalue weighted by atomic mass is 16.5. The molecule has 0 aliphatic carbocycles. The summed E-state index contributed by atoms with van der Waals surface area (Å²) >= 11 is 0. The highest BCUT2D eigenvalue weighted by Gasteiger charge is 2.11. The molecule has 3 aromatic carbocycles. The average Bonchev–Trinajstić information content (AvgIpc) is 2.63. The maximum atomic E-state index is 9.27. The van der Waals surface area contributed by atoms with Gasteiger partial charge in [-0.15, -0.1) is 0 Å². The predicted molar refractivity (Wildman–Crippen MR) is 92.2 cm³/mol. The standard InChI is InChI=1S/C20H13N3O/c21-12-14-6-8-18(15-4-2-1-3-5-15)20(10-14)24-19-9-7-17(23)11-16(19)13-22/h1-11H,23H2.